The molecule has 0 spiro atoms. The second-order valence-corrected chi connectivity index (χ2v) is 8.54. The van der Waals surface area contributed by atoms with Crippen LogP contribution in [0, 0.1) is 11.8 Å². The van der Waals surface area contributed by atoms with Gasteiger partial charge in [0.2, 0.25) is 0 Å². The van der Waals surface area contributed by atoms with Crippen molar-refractivity contribution in [3.05, 3.63) is 48.0 Å². The first-order valence-electron chi connectivity index (χ1n) is 9.88. The van der Waals surface area contributed by atoms with Crippen molar-refractivity contribution in [1.82, 2.24) is 0 Å². The standard InChI is InChI=1S/C22H30O3S/c23-22(24)11-7-2-1-6-10-18-19(21-13-12-20(18)25-21)14-15-26-16-17-8-4-3-5-9-17/h1,3-6,8-9,18-21H,2,7,10-16H2,(H,23,24)/b6-1-/t18-,19-,20-,21+/m1/s1. The smallest absolute Gasteiger partial charge is 0.303 e. The average Bonchev–Trinajstić information content (AvgIpc) is 3.24. The lowest BCUT2D eigenvalue weighted by Crippen LogP contribution is -2.27. The van der Waals surface area contributed by atoms with E-state index >= 15 is 0 Å². The third-order valence-electron chi connectivity index (χ3n) is 5.63. The zero-order valence-corrected chi connectivity index (χ0v) is 16.2. The van der Waals surface area contributed by atoms with E-state index in [2.05, 4.69) is 42.5 Å². The van der Waals surface area contributed by atoms with Crippen LogP contribution < -0.4 is 0 Å². The number of aliphatic carboxylic acids is 1. The molecule has 4 heteroatoms. The largest absolute Gasteiger partial charge is 0.481 e. The minimum Gasteiger partial charge on any atom is -0.481 e. The summed E-state index contributed by atoms with van der Waals surface area (Å²) in [5, 5.41) is 8.68. The molecule has 0 unspecified atom stereocenters. The van der Waals surface area contributed by atoms with Crippen molar-refractivity contribution < 1.29 is 14.6 Å². The van der Waals surface area contributed by atoms with Gasteiger partial charge in [-0.15, -0.1) is 0 Å². The van der Waals surface area contributed by atoms with Gasteiger partial charge in [0.05, 0.1) is 12.2 Å². The monoisotopic (exact) mass is 374 g/mol. The van der Waals surface area contributed by atoms with E-state index in [1.54, 1.807) is 0 Å². The van der Waals surface area contributed by atoms with Crippen molar-refractivity contribution in [1.29, 1.82) is 0 Å². The van der Waals surface area contributed by atoms with Crippen LogP contribution in [0.15, 0.2) is 42.5 Å². The van der Waals surface area contributed by atoms with Gasteiger partial charge in [-0.25, -0.2) is 0 Å². The van der Waals surface area contributed by atoms with Crippen molar-refractivity contribution in [2.45, 2.75) is 62.9 Å². The summed E-state index contributed by atoms with van der Waals surface area (Å²) in [5.41, 5.74) is 1.41. The first-order chi connectivity index (χ1) is 12.7. The van der Waals surface area contributed by atoms with Crippen LogP contribution in [0.25, 0.3) is 0 Å². The summed E-state index contributed by atoms with van der Waals surface area (Å²) < 4.78 is 6.20. The number of allylic oxidation sites excluding steroid dienone is 2. The number of carboxylic acids is 1. The van der Waals surface area contributed by atoms with Crippen molar-refractivity contribution in [3.8, 4) is 0 Å². The van der Waals surface area contributed by atoms with Crippen LogP contribution in [0.4, 0.5) is 0 Å². The number of fused-ring (bicyclic) bond motifs is 2. The Morgan fingerprint density at radius 1 is 1.15 bits per heavy atom. The summed E-state index contributed by atoms with van der Waals surface area (Å²) in [4.78, 5) is 10.5. The fourth-order valence-corrected chi connectivity index (χ4v) is 5.33. The molecule has 3 rings (SSSR count). The SMILES string of the molecule is O=C(O)CCC/C=C\C[C@@H]1[C@@H](CCSCc2ccccc2)[C@@H]2CC[C@H]1O2. The van der Waals surface area contributed by atoms with Gasteiger partial charge in [-0.2, -0.15) is 11.8 Å². The number of thioether (sulfide) groups is 1. The van der Waals surface area contributed by atoms with E-state index in [1.807, 2.05) is 11.8 Å². The third kappa shape index (κ3) is 5.62. The summed E-state index contributed by atoms with van der Waals surface area (Å²) in [5.74, 6) is 2.94. The Labute approximate surface area is 161 Å². The molecule has 0 aromatic heterocycles. The molecule has 1 aromatic rings. The van der Waals surface area contributed by atoms with E-state index in [1.165, 1.54) is 30.6 Å². The molecule has 0 radical (unpaired) electrons. The number of hydrogen-bond donors (Lipinski definition) is 1. The van der Waals surface area contributed by atoms with Gasteiger partial charge in [0.15, 0.2) is 0 Å². The summed E-state index contributed by atoms with van der Waals surface area (Å²) >= 11 is 2.03. The van der Waals surface area contributed by atoms with E-state index in [4.69, 9.17) is 9.84 Å². The molecule has 2 fully saturated rings. The molecule has 1 aromatic carbocycles. The van der Waals surface area contributed by atoms with Crippen molar-refractivity contribution in [2.24, 2.45) is 11.8 Å². The Balaban J connectivity index is 1.39. The van der Waals surface area contributed by atoms with Crippen LogP contribution in [0.3, 0.4) is 0 Å². The molecule has 1 N–H and O–H groups in total. The van der Waals surface area contributed by atoms with Gasteiger partial charge in [-0.1, -0.05) is 42.5 Å². The zero-order valence-electron chi connectivity index (χ0n) is 15.4. The van der Waals surface area contributed by atoms with Gasteiger partial charge < -0.3 is 9.84 Å². The molecular weight excluding hydrogens is 344 g/mol. The van der Waals surface area contributed by atoms with Crippen LogP contribution in [-0.2, 0) is 15.3 Å². The molecule has 0 amide bonds. The quantitative estimate of drug-likeness (QED) is 0.421. The molecular formula is C22H30O3S. The minimum atomic E-state index is -0.701. The van der Waals surface area contributed by atoms with Gasteiger partial charge in [0.25, 0.3) is 0 Å². The van der Waals surface area contributed by atoms with Crippen LogP contribution in [-0.4, -0.2) is 29.0 Å². The summed E-state index contributed by atoms with van der Waals surface area (Å²) in [6, 6.07) is 10.7. The van der Waals surface area contributed by atoms with Gasteiger partial charge in [0.1, 0.15) is 0 Å². The van der Waals surface area contributed by atoms with Crippen LogP contribution in [0.5, 0.6) is 0 Å². The van der Waals surface area contributed by atoms with E-state index in [-0.39, 0.29) is 6.42 Å². The summed E-state index contributed by atoms with van der Waals surface area (Å²) in [7, 11) is 0. The molecule has 4 atom stereocenters. The average molecular weight is 375 g/mol. The lowest BCUT2D eigenvalue weighted by Gasteiger charge is -2.27. The summed E-state index contributed by atoms with van der Waals surface area (Å²) in [6.45, 7) is 0. The van der Waals surface area contributed by atoms with E-state index in [0.717, 1.165) is 25.0 Å². The molecule has 2 aliphatic rings. The maximum absolute atomic E-state index is 10.5. The topological polar surface area (TPSA) is 46.5 Å². The molecule has 142 valence electrons. The van der Waals surface area contributed by atoms with Gasteiger partial charge in [-0.3, -0.25) is 4.79 Å². The fraction of sp³-hybridized carbons (Fsp3) is 0.591. The number of benzene rings is 1. The molecule has 2 aliphatic heterocycles. The molecule has 0 aliphatic carbocycles. The van der Waals surface area contributed by atoms with Crippen molar-refractivity contribution in [2.75, 3.05) is 5.75 Å². The Hall–Kier alpha value is -1.26. The second kappa shape index (κ2) is 10.2. The fourth-order valence-electron chi connectivity index (χ4n) is 4.32. The lowest BCUT2D eigenvalue weighted by atomic mass is 9.76. The Bertz CT molecular complexity index is 586. The van der Waals surface area contributed by atoms with Gasteiger partial charge in [0, 0.05) is 12.2 Å². The first-order valence-corrected chi connectivity index (χ1v) is 11.0. The number of ether oxygens (including phenoxy) is 1. The highest BCUT2D eigenvalue weighted by molar-refractivity contribution is 7.98. The van der Waals surface area contributed by atoms with Gasteiger partial charge >= 0.3 is 5.97 Å². The predicted octanol–water partition coefficient (Wildman–Crippen LogP) is 5.30. The number of carbonyl (C=O) groups is 1. The second-order valence-electron chi connectivity index (χ2n) is 7.44. The minimum absolute atomic E-state index is 0.267. The van der Waals surface area contributed by atoms with E-state index in [0.29, 0.717) is 24.0 Å². The maximum atomic E-state index is 10.5. The maximum Gasteiger partial charge on any atom is 0.303 e. The highest BCUT2D eigenvalue weighted by Crippen LogP contribution is 2.47. The Morgan fingerprint density at radius 2 is 1.92 bits per heavy atom. The zero-order chi connectivity index (χ0) is 18.2. The highest BCUT2D eigenvalue weighted by atomic mass is 32.2. The highest BCUT2D eigenvalue weighted by Gasteiger charge is 2.47. The summed E-state index contributed by atoms with van der Waals surface area (Å²) in [6.07, 6.45) is 12.0. The molecule has 3 nitrogen and oxygen atoms in total. The normalized spacial score (nSPS) is 27.4. The van der Waals surface area contributed by atoms with Crippen molar-refractivity contribution in [3.63, 3.8) is 0 Å². The number of carboxylic acid groups (broad SMARTS) is 1. The number of rotatable bonds is 11. The van der Waals surface area contributed by atoms with Crippen LogP contribution >= 0.6 is 11.8 Å². The Morgan fingerprint density at radius 3 is 2.69 bits per heavy atom. The van der Waals surface area contributed by atoms with Crippen molar-refractivity contribution >= 4 is 17.7 Å². The van der Waals surface area contributed by atoms with E-state index < -0.39 is 5.97 Å². The number of hydrogen-bond acceptors (Lipinski definition) is 3. The number of unbranched alkanes of at least 4 members (excludes halogenated alkanes) is 1. The predicted molar refractivity (Wildman–Crippen MR) is 107 cm³/mol. The molecule has 2 saturated heterocycles. The molecule has 2 heterocycles. The van der Waals surface area contributed by atoms with E-state index in [9.17, 15) is 4.79 Å². The third-order valence-corrected chi connectivity index (χ3v) is 6.70. The Kier molecular flexibility index (Phi) is 7.63. The van der Waals surface area contributed by atoms with Crippen LogP contribution in [0.2, 0.25) is 0 Å². The van der Waals surface area contributed by atoms with Gasteiger partial charge in [-0.05, 0) is 61.7 Å². The molecule has 26 heavy (non-hydrogen) atoms. The lowest BCUT2D eigenvalue weighted by molar-refractivity contribution is -0.137. The molecule has 2 bridgehead atoms. The molecule has 0 saturated carbocycles. The first kappa shape index (κ1) is 19.5. The van der Waals surface area contributed by atoms with Crippen LogP contribution in [0.1, 0.15) is 50.5 Å².